The fraction of sp³-hybridized carbons (Fsp3) is 0.267. The maximum Gasteiger partial charge on any atom is 0.129 e. The van der Waals surface area contributed by atoms with Gasteiger partial charge in [-0.1, -0.05) is 23.7 Å². The van der Waals surface area contributed by atoms with Crippen molar-refractivity contribution in [2.75, 3.05) is 24.3 Å². The van der Waals surface area contributed by atoms with Crippen molar-refractivity contribution >= 4 is 23.0 Å². The lowest BCUT2D eigenvalue weighted by Gasteiger charge is -2.13. The van der Waals surface area contributed by atoms with Crippen molar-refractivity contribution in [3.05, 3.63) is 52.8 Å². The van der Waals surface area contributed by atoms with Crippen LogP contribution in [0.25, 0.3) is 0 Å². The summed E-state index contributed by atoms with van der Waals surface area (Å²) in [6.07, 6.45) is 0. The van der Waals surface area contributed by atoms with E-state index in [1.165, 1.54) is 11.3 Å². The van der Waals surface area contributed by atoms with Gasteiger partial charge in [-0.15, -0.1) is 0 Å². The van der Waals surface area contributed by atoms with E-state index in [0.717, 1.165) is 17.9 Å². The van der Waals surface area contributed by atoms with Gasteiger partial charge in [0.25, 0.3) is 0 Å². The second-order valence-corrected chi connectivity index (χ2v) is 5.07. The zero-order chi connectivity index (χ0) is 13.8. The number of hydrogen-bond acceptors (Lipinski definition) is 3. The normalized spacial score (nSPS) is 10.3. The summed E-state index contributed by atoms with van der Waals surface area (Å²) in [5, 5.41) is 3.90. The van der Waals surface area contributed by atoms with Crippen molar-refractivity contribution < 1.29 is 0 Å². The molecular weight excluding hydrogens is 258 g/mol. The van der Waals surface area contributed by atoms with Gasteiger partial charge in [-0.05, 0) is 36.8 Å². The number of aryl methyl sites for hydroxylation is 1. The van der Waals surface area contributed by atoms with Gasteiger partial charge in [-0.2, -0.15) is 0 Å². The van der Waals surface area contributed by atoms with Crippen LogP contribution in [0.2, 0.25) is 5.15 Å². The molecule has 0 saturated carbocycles. The summed E-state index contributed by atoms with van der Waals surface area (Å²) in [6.45, 7) is 2.72. The highest BCUT2D eigenvalue weighted by atomic mass is 35.5. The minimum Gasteiger partial charge on any atom is -0.380 e. The SMILES string of the molecule is Cc1nc(Cl)ccc1NCc1ccc(N(C)C)cc1. The van der Waals surface area contributed by atoms with Crippen LogP contribution < -0.4 is 10.2 Å². The van der Waals surface area contributed by atoms with Crippen LogP contribution in [0, 0.1) is 6.92 Å². The van der Waals surface area contributed by atoms with Gasteiger partial charge < -0.3 is 10.2 Å². The summed E-state index contributed by atoms with van der Waals surface area (Å²) < 4.78 is 0. The Hall–Kier alpha value is -1.74. The van der Waals surface area contributed by atoms with Crippen molar-refractivity contribution in [2.45, 2.75) is 13.5 Å². The van der Waals surface area contributed by atoms with Crippen LogP contribution in [0.5, 0.6) is 0 Å². The van der Waals surface area contributed by atoms with E-state index in [9.17, 15) is 0 Å². The first-order valence-corrected chi connectivity index (χ1v) is 6.57. The molecule has 0 unspecified atom stereocenters. The highest BCUT2D eigenvalue weighted by Crippen LogP contribution is 2.17. The third-order valence-corrected chi connectivity index (χ3v) is 3.20. The minimum atomic E-state index is 0.526. The molecule has 0 spiro atoms. The van der Waals surface area contributed by atoms with Crippen LogP contribution in [0.3, 0.4) is 0 Å². The van der Waals surface area contributed by atoms with Crippen molar-refractivity contribution in [3.8, 4) is 0 Å². The Morgan fingerprint density at radius 3 is 2.37 bits per heavy atom. The Labute approximate surface area is 119 Å². The summed E-state index contributed by atoms with van der Waals surface area (Å²) in [5.41, 5.74) is 4.37. The molecule has 0 radical (unpaired) electrons. The van der Waals surface area contributed by atoms with E-state index in [-0.39, 0.29) is 0 Å². The van der Waals surface area contributed by atoms with E-state index in [4.69, 9.17) is 11.6 Å². The molecule has 0 aliphatic heterocycles. The second-order valence-electron chi connectivity index (χ2n) is 4.68. The largest absolute Gasteiger partial charge is 0.380 e. The van der Waals surface area contributed by atoms with E-state index >= 15 is 0 Å². The van der Waals surface area contributed by atoms with Crippen LogP contribution in [0.4, 0.5) is 11.4 Å². The number of nitrogens with one attached hydrogen (secondary N) is 1. The first-order chi connectivity index (χ1) is 9.06. The quantitative estimate of drug-likeness (QED) is 0.862. The van der Waals surface area contributed by atoms with Gasteiger partial charge in [0.1, 0.15) is 5.15 Å². The Kier molecular flexibility index (Phi) is 4.27. The molecule has 0 atom stereocenters. The lowest BCUT2D eigenvalue weighted by atomic mass is 10.2. The van der Waals surface area contributed by atoms with Gasteiger partial charge in [-0.25, -0.2) is 4.98 Å². The molecule has 1 N–H and O–H groups in total. The number of rotatable bonds is 4. The lowest BCUT2D eigenvalue weighted by molar-refractivity contribution is 1.09. The van der Waals surface area contributed by atoms with Gasteiger partial charge in [0.2, 0.25) is 0 Å². The first kappa shape index (κ1) is 13.7. The molecule has 1 aromatic heterocycles. The van der Waals surface area contributed by atoms with Crippen LogP contribution in [-0.4, -0.2) is 19.1 Å². The van der Waals surface area contributed by atoms with Gasteiger partial charge >= 0.3 is 0 Å². The molecule has 19 heavy (non-hydrogen) atoms. The molecule has 0 aliphatic carbocycles. The predicted molar refractivity (Wildman–Crippen MR) is 82.1 cm³/mol. The number of hydrogen-bond donors (Lipinski definition) is 1. The molecule has 2 aromatic rings. The smallest absolute Gasteiger partial charge is 0.129 e. The molecule has 0 aliphatic rings. The van der Waals surface area contributed by atoms with Crippen LogP contribution >= 0.6 is 11.6 Å². The molecule has 0 amide bonds. The van der Waals surface area contributed by atoms with Crippen molar-refractivity contribution in [3.63, 3.8) is 0 Å². The minimum absolute atomic E-state index is 0.526. The first-order valence-electron chi connectivity index (χ1n) is 6.19. The standard InChI is InChI=1S/C15H18ClN3/c1-11-14(8-9-15(16)18-11)17-10-12-4-6-13(7-5-12)19(2)3/h4-9,17H,10H2,1-3H3. The van der Waals surface area contributed by atoms with Gasteiger partial charge in [0.15, 0.2) is 0 Å². The number of nitrogens with zero attached hydrogens (tertiary/aromatic N) is 2. The molecule has 4 heteroatoms. The van der Waals surface area contributed by atoms with Gasteiger partial charge in [0, 0.05) is 26.3 Å². The Morgan fingerprint density at radius 2 is 1.79 bits per heavy atom. The van der Waals surface area contributed by atoms with Crippen LogP contribution in [0.15, 0.2) is 36.4 Å². The Balaban J connectivity index is 2.02. The molecule has 0 bridgehead atoms. The van der Waals surface area contributed by atoms with Crippen LogP contribution in [0.1, 0.15) is 11.3 Å². The van der Waals surface area contributed by atoms with Crippen LogP contribution in [-0.2, 0) is 6.54 Å². The fourth-order valence-corrected chi connectivity index (χ4v) is 2.02. The summed E-state index contributed by atoms with van der Waals surface area (Å²) in [7, 11) is 4.08. The van der Waals surface area contributed by atoms with Gasteiger partial charge in [-0.3, -0.25) is 0 Å². The predicted octanol–water partition coefficient (Wildman–Crippen LogP) is 3.72. The molecule has 1 aromatic carbocycles. The summed E-state index contributed by atoms with van der Waals surface area (Å²) >= 11 is 5.84. The van der Waals surface area contributed by atoms with E-state index in [1.807, 2.05) is 27.1 Å². The molecule has 1 heterocycles. The molecule has 2 rings (SSSR count). The molecule has 0 fully saturated rings. The zero-order valence-electron chi connectivity index (χ0n) is 11.4. The van der Waals surface area contributed by atoms with E-state index < -0.39 is 0 Å². The second kappa shape index (κ2) is 5.93. The van der Waals surface area contributed by atoms with E-state index in [1.54, 1.807) is 6.07 Å². The summed E-state index contributed by atoms with van der Waals surface area (Å²) in [4.78, 5) is 6.31. The van der Waals surface area contributed by atoms with Crippen molar-refractivity contribution in [1.82, 2.24) is 4.98 Å². The topological polar surface area (TPSA) is 28.2 Å². The zero-order valence-corrected chi connectivity index (χ0v) is 12.2. The average molecular weight is 276 g/mol. The highest BCUT2D eigenvalue weighted by molar-refractivity contribution is 6.29. The van der Waals surface area contributed by atoms with Crippen molar-refractivity contribution in [2.24, 2.45) is 0 Å². The monoisotopic (exact) mass is 275 g/mol. The Bertz CT molecular complexity index is 550. The van der Waals surface area contributed by atoms with E-state index in [0.29, 0.717) is 5.15 Å². The number of aromatic nitrogens is 1. The third kappa shape index (κ3) is 3.61. The number of benzene rings is 1. The van der Waals surface area contributed by atoms with Gasteiger partial charge in [0.05, 0.1) is 11.4 Å². The summed E-state index contributed by atoms with van der Waals surface area (Å²) in [5.74, 6) is 0. The fourth-order valence-electron chi connectivity index (χ4n) is 1.83. The average Bonchev–Trinajstić information content (AvgIpc) is 2.38. The number of halogens is 1. The maximum absolute atomic E-state index is 5.84. The third-order valence-electron chi connectivity index (χ3n) is 2.99. The highest BCUT2D eigenvalue weighted by Gasteiger charge is 2.01. The molecule has 100 valence electrons. The lowest BCUT2D eigenvalue weighted by Crippen LogP contribution is -2.08. The Morgan fingerprint density at radius 1 is 1.11 bits per heavy atom. The molecule has 0 saturated heterocycles. The van der Waals surface area contributed by atoms with E-state index in [2.05, 4.69) is 39.5 Å². The number of anilines is 2. The molecule has 3 nitrogen and oxygen atoms in total. The van der Waals surface area contributed by atoms with Crippen molar-refractivity contribution in [1.29, 1.82) is 0 Å². The summed E-state index contributed by atoms with van der Waals surface area (Å²) in [6, 6.07) is 12.2. The number of pyridine rings is 1. The molecular formula is C15H18ClN3. The maximum atomic E-state index is 5.84.